The first kappa shape index (κ1) is 19.5. The lowest BCUT2D eigenvalue weighted by Gasteiger charge is -2.31. The fourth-order valence-corrected chi connectivity index (χ4v) is 3.15. The molecule has 5 nitrogen and oxygen atoms in total. The first-order valence-electron chi connectivity index (χ1n) is 8.88. The molecule has 1 amide bonds. The number of hydrogen-bond acceptors (Lipinski definition) is 4. The number of halogens is 2. The van der Waals surface area contributed by atoms with Gasteiger partial charge in [-0.2, -0.15) is 5.26 Å². The normalized spacial score (nSPS) is 14.4. The number of likely N-dealkylation sites (tertiary alicyclic amines) is 1. The Bertz CT molecular complexity index is 931. The molecule has 0 radical (unpaired) electrons. The smallest absolute Gasteiger partial charge is 0.309 e. The molecule has 1 saturated heterocycles. The van der Waals surface area contributed by atoms with Crippen molar-refractivity contribution < 1.29 is 23.1 Å². The summed E-state index contributed by atoms with van der Waals surface area (Å²) >= 11 is 0. The Morgan fingerprint density at radius 1 is 1.14 bits per heavy atom. The van der Waals surface area contributed by atoms with E-state index in [1.807, 2.05) is 6.07 Å². The van der Waals surface area contributed by atoms with Crippen molar-refractivity contribution in [1.82, 2.24) is 4.90 Å². The molecule has 2 aromatic carbocycles. The van der Waals surface area contributed by atoms with Gasteiger partial charge in [0.15, 0.2) is 0 Å². The van der Waals surface area contributed by atoms with Crippen molar-refractivity contribution in [3.05, 3.63) is 70.8 Å². The van der Waals surface area contributed by atoms with Crippen LogP contribution in [0.2, 0.25) is 0 Å². The van der Waals surface area contributed by atoms with E-state index in [1.54, 1.807) is 24.3 Å². The molecule has 144 valence electrons. The molecule has 0 bridgehead atoms. The van der Waals surface area contributed by atoms with E-state index in [-0.39, 0.29) is 24.1 Å². The van der Waals surface area contributed by atoms with E-state index in [4.69, 9.17) is 10.00 Å². The third kappa shape index (κ3) is 4.52. The summed E-state index contributed by atoms with van der Waals surface area (Å²) in [5.41, 5.74) is 1.04. The number of esters is 1. The molecule has 0 unspecified atom stereocenters. The van der Waals surface area contributed by atoms with E-state index in [1.165, 1.54) is 4.90 Å². The fourth-order valence-electron chi connectivity index (χ4n) is 3.15. The lowest BCUT2D eigenvalue weighted by Crippen LogP contribution is -2.41. The van der Waals surface area contributed by atoms with E-state index < -0.39 is 17.5 Å². The molecule has 1 heterocycles. The van der Waals surface area contributed by atoms with Crippen LogP contribution in [-0.2, 0) is 16.1 Å². The van der Waals surface area contributed by atoms with Gasteiger partial charge in [0, 0.05) is 19.2 Å². The minimum absolute atomic E-state index is 0.0777. The third-order valence-electron chi connectivity index (χ3n) is 4.71. The number of carbonyl (C=O) groups excluding carboxylic acids is 2. The number of carbonyl (C=O) groups is 2. The molecule has 0 saturated carbocycles. The van der Waals surface area contributed by atoms with Crippen molar-refractivity contribution >= 4 is 11.9 Å². The molecule has 0 N–H and O–H groups in total. The summed E-state index contributed by atoms with van der Waals surface area (Å²) in [4.78, 5) is 26.1. The Kier molecular flexibility index (Phi) is 5.99. The molecule has 2 aromatic rings. The van der Waals surface area contributed by atoms with Gasteiger partial charge in [0.1, 0.15) is 18.2 Å². The summed E-state index contributed by atoms with van der Waals surface area (Å²) in [6.07, 6.45) is 0.817. The predicted molar refractivity (Wildman–Crippen MR) is 95.9 cm³/mol. The Labute approximate surface area is 161 Å². The molecule has 1 aliphatic heterocycles. The lowest BCUT2D eigenvalue weighted by atomic mass is 9.96. The van der Waals surface area contributed by atoms with Crippen molar-refractivity contribution in [2.45, 2.75) is 19.4 Å². The van der Waals surface area contributed by atoms with Crippen molar-refractivity contribution in [1.29, 1.82) is 5.26 Å². The highest BCUT2D eigenvalue weighted by Gasteiger charge is 2.29. The van der Waals surface area contributed by atoms with Gasteiger partial charge in [-0.25, -0.2) is 8.78 Å². The molecule has 0 atom stereocenters. The standard InChI is InChI=1S/C21H18F2N2O3/c22-17-4-5-18(19(23)11-17)20(26)25-8-6-16(7-9-25)21(27)28-13-15-3-1-2-14(10-15)12-24/h1-5,10-11,16H,6-9,13H2. The zero-order valence-corrected chi connectivity index (χ0v) is 15.0. The van der Waals surface area contributed by atoms with Crippen LogP contribution >= 0.6 is 0 Å². The van der Waals surface area contributed by atoms with Gasteiger partial charge in [-0.05, 0) is 42.7 Å². The maximum Gasteiger partial charge on any atom is 0.309 e. The summed E-state index contributed by atoms with van der Waals surface area (Å²) in [7, 11) is 0. The summed E-state index contributed by atoms with van der Waals surface area (Å²) < 4.78 is 32.1. The molecular formula is C21H18F2N2O3. The highest BCUT2D eigenvalue weighted by molar-refractivity contribution is 5.94. The lowest BCUT2D eigenvalue weighted by molar-refractivity contribution is -0.151. The van der Waals surface area contributed by atoms with Crippen LogP contribution in [0.5, 0.6) is 0 Å². The number of nitriles is 1. The summed E-state index contributed by atoms with van der Waals surface area (Å²) in [5.74, 6) is -2.86. The van der Waals surface area contributed by atoms with E-state index in [2.05, 4.69) is 0 Å². The fraction of sp³-hybridized carbons (Fsp3) is 0.286. The van der Waals surface area contributed by atoms with Gasteiger partial charge in [0.05, 0.1) is 23.1 Å². The Balaban J connectivity index is 1.52. The second-order valence-corrected chi connectivity index (χ2v) is 6.61. The molecule has 0 spiro atoms. The minimum Gasteiger partial charge on any atom is -0.461 e. The van der Waals surface area contributed by atoms with Gasteiger partial charge in [-0.3, -0.25) is 9.59 Å². The number of hydrogen-bond donors (Lipinski definition) is 0. The number of amides is 1. The quantitative estimate of drug-likeness (QED) is 0.758. The second-order valence-electron chi connectivity index (χ2n) is 6.61. The third-order valence-corrected chi connectivity index (χ3v) is 4.71. The molecule has 0 aromatic heterocycles. The topological polar surface area (TPSA) is 70.4 Å². The predicted octanol–water partition coefficient (Wildman–Crippen LogP) is 3.43. The molecule has 3 rings (SSSR count). The maximum atomic E-state index is 13.8. The van der Waals surface area contributed by atoms with E-state index in [0.717, 1.165) is 17.7 Å². The zero-order chi connectivity index (χ0) is 20.1. The van der Waals surface area contributed by atoms with Crippen molar-refractivity contribution in [3.8, 4) is 6.07 Å². The molecule has 7 heteroatoms. The van der Waals surface area contributed by atoms with Crippen molar-refractivity contribution in [3.63, 3.8) is 0 Å². The van der Waals surface area contributed by atoms with E-state index in [9.17, 15) is 18.4 Å². The first-order chi connectivity index (χ1) is 13.5. The highest BCUT2D eigenvalue weighted by atomic mass is 19.1. The number of piperidine rings is 1. The van der Waals surface area contributed by atoms with Gasteiger partial charge >= 0.3 is 5.97 Å². The van der Waals surface area contributed by atoms with Crippen LogP contribution in [-0.4, -0.2) is 29.9 Å². The average molecular weight is 384 g/mol. The van der Waals surface area contributed by atoms with Crippen LogP contribution in [0.15, 0.2) is 42.5 Å². The SMILES string of the molecule is N#Cc1cccc(COC(=O)C2CCN(C(=O)c3ccc(F)cc3F)CC2)c1. The molecule has 0 aliphatic carbocycles. The van der Waals surface area contributed by atoms with Gasteiger partial charge in [0.25, 0.3) is 5.91 Å². The number of benzene rings is 2. The zero-order valence-electron chi connectivity index (χ0n) is 15.0. The molecule has 1 fully saturated rings. The minimum atomic E-state index is -0.897. The van der Waals surface area contributed by atoms with Crippen LogP contribution in [0.3, 0.4) is 0 Å². The Morgan fingerprint density at radius 3 is 2.57 bits per heavy atom. The van der Waals surface area contributed by atoms with Crippen LogP contribution in [0.1, 0.15) is 34.3 Å². The maximum absolute atomic E-state index is 13.8. The number of nitrogens with zero attached hydrogens (tertiary/aromatic N) is 2. The van der Waals surface area contributed by atoms with Crippen LogP contribution < -0.4 is 0 Å². The Morgan fingerprint density at radius 2 is 1.89 bits per heavy atom. The molecular weight excluding hydrogens is 366 g/mol. The largest absolute Gasteiger partial charge is 0.461 e. The van der Waals surface area contributed by atoms with E-state index >= 15 is 0 Å². The van der Waals surface area contributed by atoms with Crippen molar-refractivity contribution in [2.75, 3.05) is 13.1 Å². The number of rotatable bonds is 4. The molecule has 1 aliphatic rings. The van der Waals surface area contributed by atoms with Crippen LogP contribution in [0.4, 0.5) is 8.78 Å². The highest BCUT2D eigenvalue weighted by Crippen LogP contribution is 2.22. The van der Waals surface area contributed by atoms with Crippen LogP contribution in [0.25, 0.3) is 0 Å². The van der Waals surface area contributed by atoms with E-state index in [0.29, 0.717) is 37.6 Å². The van der Waals surface area contributed by atoms with Gasteiger partial charge in [-0.15, -0.1) is 0 Å². The van der Waals surface area contributed by atoms with Gasteiger partial charge < -0.3 is 9.64 Å². The van der Waals surface area contributed by atoms with Crippen LogP contribution in [0, 0.1) is 28.9 Å². The summed E-state index contributed by atoms with van der Waals surface area (Å²) in [6, 6.07) is 11.7. The second kappa shape index (κ2) is 8.61. The Hall–Kier alpha value is -3.27. The monoisotopic (exact) mass is 384 g/mol. The summed E-state index contributed by atoms with van der Waals surface area (Å²) in [6.45, 7) is 0.660. The summed E-state index contributed by atoms with van der Waals surface area (Å²) in [5, 5.41) is 8.89. The van der Waals surface area contributed by atoms with Crippen molar-refractivity contribution in [2.24, 2.45) is 5.92 Å². The van der Waals surface area contributed by atoms with Gasteiger partial charge in [-0.1, -0.05) is 12.1 Å². The number of ether oxygens (including phenoxy) is 1. The van der Waals surface area contributed by atoms with Gasteiger partial charge in [0.2, 0.25) is 0 Å². The average Bonchev–Trinajstić information content (AvgIpc) is 2.72. The first-order valence-corrected chi connectivity index (χ1v) is 8.88. The molecule has 28 heavy (non-hydrogen) atoms.